The average Bonchev–Trinajstić information content (AvgIpc) is 2.68. The zero-order valence-corrected chi connectivity index (χ0v) is 16.6. The number of nitrogens with one attached hydrogen (secondary N) is 1. The number of anilines is 1. The molecule has 27 heavy (non-hydrogen) atoms. The van der Waals surface area contributed by atoms with E-state index in [-0.39, 0.29) is 18.4 Å². The van der Waals surface area contributed by atoms with Gasteiger partial charge < -0.3 is 15.8 Å². The summed E-state index contributed by atoms with van der Waals surface area (Å²) < 4.78 is 5.13. The second kappa shape index (κ2) is 9.85. The van der Waals surface area contributed by atoms with Crippen LogP contribution < -0.4 is 11.1 Å². The van der Waals surface area contributed by atoms with E-state index in [1.807, 2.05) is 26.0 Å². The van der Waals surface area contributed by atoms with Gasteiger partial charge in [0.1, 0.15) is 0 Å². The van der Waals surface area contributed by atoms with Gasteiger partial charge >= 0.3 is 5.97 Å². The standard InChI is InChI=1S/C20H27ClN2O4/c1-3-27-20(26)12(2)13-4-6-14(7-5-13)15-8-9-17(16(21)10-15)23-19(25)18(24)11-22/h8-10,12-14H,3-7,11,22H2,1-2H3,(H,23,25). The van der Waals surface area contributed by atoms with Gasteiger partial charge in [-0.15, -0.1) is 0 Å². The number of amides is 1. The minimum absolute atomic E-state index is 0.0767. The van der Waals surface area contributed by atoms with Crippen LogP contribution in [0.4, 0.5) is 5.69 Å². The molecule has 1 aliphatic carbocycles. The highest BCUT2D eigenvalue weighted by molar-refractivity contribution is 6.42. The van der Waals surface area contributed by atoms with E-state index in [1.165, 1.54) is 0 Å². The molecule has 0 radical (unpaired) electrons. The minimum Gasteiger partial charge on any atom is -0.466 e. The zero-order valence-electron chi connectivity index (χ0n) is 15.8. The van der Waals surface area contributed by atoms with E-state index in [0.29, 0.717) is 29.2 Å². The Morgan fingerprint density at radius 1 is 1.26 bits per heavy atom. The molecule has 1 aromatic rings. The number of carbonyl (C=O) groups excluding carboxylic acids is 3. The molecular formula is C20H27ClN2O4. The van der Waals surface area contributed by atoms with Crippen molar-refractivity contribution >= 4 is 34.9 Å². The third kappa shape index (κ3) is 5.53. The molecule has 2 rings (SSSR count). The molecule has 6 nitrogen and oxygen atoms in total. The Balaban J connectivity index is 1.96. The lowest BCUT2D eigenvalue weighted by molar-refractivity contribution is -0.149. The van der Waals surface area contributed by atoms with Gasteiger partial charge in [0.05, 0.1) is 29.8 Å². The lowest BCUT2D eigenvalue weighted by atomic mass is 9.74. The van der Waals surface area contributed by atoms with E-state index in [2.05, 4.69) is 5.32 Å². The van der Waals surface area contributed by atoms with Gasteiger partial charge in [-0.2, -0.15) is 0 Å². The monoisotopic (exact) mass is 394 g/mol. The molecule has 1 saturated carbocycles. The molecule has 0 heterocycles. The first-order valence-electron chi connectivity index (χ1n) is 9.37. The van der Waals surface area contributed by atoms with Crippen LogP contribution in [-0.2, 0) is 19.1 Å². The van der Waals surface area contributed by atoms with Crippen LogP contribution in [-0.4, -0.2) is 30.8 Å². The van der Waals surface area contributed by atoms with Gasteiger partial charge in [-0.25, -0.2) is 0 Å². The first-order chi connectivity index (χ1) is 12.9. The number of benzene rings is 1. The maximum Gasteiger partial charge on any atom is 0.308 e. The summed E-state index contributed by atoms with van der Waals surface area (Å²) in [6, 6.07) is 5.48. The van der Waals surface area contributed by atoms with E-state index >= 15 is 0 Å². The van der Waals surface area contributed by atoms with Crippen molar-refractivity contribution in [3.63, 3.8) is 0 Å². The summed E-state index contributed by atoms with van der Waals surface area (Å²) in [5.74, 6) is -0.937. The second-order valence-electron chi connectivity index (χ2n) is 6.97. The van der Waals surface area contributed by atoms with Crippen LogP contribution in [0.25, 0.3) is 0 Å². The summed E-state index contributed by atoms with van der Waals surface area (Å²) in [6.45, 7) is 3.84. The highest BCUT2D eigenvalue weighted by Gasteiger charge is 2.30. The molecule has 0 aromatic heterocycles. The van der Waals surface area contributed by atoms with E-state index in [4.69, 9.17) is 22.1 Å². The largest absolute Gasteiger partial charge is 0.466 e. The number of hydrogen-bond acceptors (Lipinski definition) is 5. The van der Waals surface area contributed by atoms with Crippen molar-refractivity contribution in [3.8, 4) is 0 Å². The molecular weight excluding hydrogens is 368 g/mol. The fraction of sp³-hybridized carbons (Fsp3) is 0.550. The van der Waals surface area contributed by atoms with Crippen LogP contribution in [0.15, 0.2) is 18.2 Å². The Hall–Kier alpha value is -1.92. The van der Waals surface area contributed by atoms with Crippen LogP contribution in [0.3, 0.4) is 0 Å². The molecule has 0 bridgehead atoms. The van der Waals surface area contributed by atoms with E-state index in [0.717, 1.165) is 31.2 Å². The third-order valence-electron chi connectivity index (χ3n) is 5.29. The van der Waals surface area contributed by atoms with Gasteiger partial charge in [-0.1, -0.05) is 24.6 Å². The van der Waals surface area contributed by atoms with Gasteiger partial charge in [0.2, 0.25) is 5.78 Å². The Kier molecular flexibility index (Phi) is 7.80. The van der Waals surface area contributed by atoms with Crippen LogP contribution in [0.1, 0.15) is 51.0 Å². The summed E-state index contributed by atoms with van der Waals surface area (Å²) in [7, 11) is 0. The molecule has 1 fully saturated rings. The van der Waals surface area contributed by atoms with Crippen LogP contribution in [0.5, 0.6) is 0 Å². The Labute approximate surface area is 164 Å². The Morgan fingerprint density at radius 3 is 2.48 bits per heavy atom. The van der Waals surface area contributed by atoms with E-state index in [9.17, 15) is 14.4 Å². The molecule has 1 atom stereocenters. The van der Waals surface area contributed by atoms with Crippen molar-refractivity contribution in [2.24, 2.45) is 17.6 Å². The average molecular weight is 395 g/mol. The Bertz CT molecular complexity index is 699. The van der Waals surface area contributed by atoms with Crippen molar-refractivity contribution in [2.75, 3.05) is 18.5 Å². The molecule has 7 heteroatoms. The lowest BCUT2D eigenvalue weighted by Crippen LogP contribution is -2.29. The highest BCUT2D eigenvalue weighted by atomic mass is 35.5. The smallest absolute Gasteiger partial charge is 0.308 e. The topological polar surface area (TPSA) is 98.5 Å². The summed E-state index contributed by atoms with van der Waals surface area (Å²) in [6.07, 6.45) is 3.88. The lowest BCUT2D eigenvalue weighted by Gasteiger charge is -2.31. The number of carbonyl (C=O) groups is 3. The van der Waals surface area contributed by atoms with E-state index in [1.54, 1.807) is 6.07 Å². The summed E-state index contributed by atoms with van der Waals surface area (Å²) >= 11 is 6.28. The normalized spacial score (nSPS) is 20.6. The molecule has 1 amide bonds. The fourth-order valence-corrected chi connectivity index (χ4v) is 3.83. The number of Topliss-reactive ketones (excluding diaryl/α,β-unsaturated/α-hetero) is 1. The number of rotatable bonds is 7. The minimum atomic E-state index is -0.763. The number of nitrogens with two attached hydrogens (primary N) is 1. The fourth-order valence-electron chi connectivity index (χ4n) is 3.59. The third-order valence-corrected chi connectivity index (χ3v) is 5.60. The van der Waals surface area contributed by atoms with Crippen molar-refractivity contribution < 1.29 is 19.1 Å². The quantitative estimate of drug-likeness (QED) is 0.546. The van der Waals surface area contributed by atoms with Crippen LogP contribution in [0, 0.1) is 11.8 Å². The molecule has 0 spiro atoms. The van der Waals surface area contributed by atoms with Crippen LogP contribution in [0.2, 0.25) is 5.02 Å². The first kappa shape index (κ1) is 21.4. The molecule has 0 saturated heterocycles. The zero-order chi connectivity index (χ0) is 20.0. The molecule has 1 unspecified atom stereocenters. The predicted octanol–water partition coefficient (Wildman–Crippen LogP) is 3.28. The van der Waals surface area contributed by atoms with E-state index < -0.39 is 11.7 Å². The summed E-state index contributed by atoms with van der Waals surface area (Å²) in [4.78, 5) is 34.9. The molecule has 1 aliphatic rings. The number of halogens is 1. The maximum absolute atomic E-state index is 11.9. The SMILES string of the molecule is CCOC(=O)C(C)C1CCC(c2ccc(NC(=O)C(=O)CN)c(Cl)c2)CC1. The van der Waals surface area contributed by atoms with Gasteiger partial charge in [-0.3, -0.25) is 14.4 Å². The van der Waals surface area contributed by atoms with Crippen molar-refractivity contribution in [1.29, 1.82) is 0 Å². The first-order valence-corrected chi connectivity index (χ1v) is 9.75. The molecule has 148 valence electrons. The van der Waals surface area contributed by atoms with Crippen molar-refractivity contribution in [3.05, 3.63) is 28.8 Å². The van der Waals surface area contributed by atoms with Gasteiger partial charge in [0.15, 0.2) is 0 Å². The van der Waals surface area contributed by atoms with Crippen molar-refractivity contribution in [2.45, 2.75) is 45.4 Å². The molecule has 1 aromatic carbocycles. The predicted molar refractivity (Wildman–Crippen MR) is 105 cm³/mol. The van der Waals surface area contributed by atoms with Gasteiger partial charge in [0, 0.05) is 0 Å². The Morgan fingerprint density at radius 2 is 1.93 bits per heavy atom. The second-order valence-corrected chi connectivity index (χ2v) is 7.38. The van der Waals surface area contributed by atoms with Gasteiger partial charge in [0.25, 0.3) is 5.91 Å². The number of ketones is 1. The summed E-state index contributed by atoms with van der Waals surface area (Å²) in [5, 5.41) is 2.88. The van der Waals surface area contributed by atoms with Crippen molar-refractivity contribution in [1.82, 2.24) is 0 Å². The number of hydrogen-bond donors (Lipinski definition) is 2. The molecule has 3 N–H and O–H groups in total. The molecule has 0 aliphatic heterocycles. The van der Waals surface area contributed by atoms with Crippen LogP contribution >= 0.6 is 11.6 Å². The summed E-state index contributed by atoms with van der Waals surface area (Å²) in [5.41, 5.74) is 6.68. The number of ether oxygens (including phenoxy) is 1. The highest BCUT2D eigenvalue weighted by Crippen LogP contribution is 2.40. The number of esters is 1. The maximum atomic E-state index is 11.9. The van der Waals surface area contributed by atoms with Gasteiger partial charge in [-0.05, 0) is 62.1 Å².